The zero-order valence-electron chi connectivity index (χ0n) is 6.28. The van der Waals surface area contributed by atoms with Crippen LogP contribution in [-0.2, 0) is 12.4 Å². The molecule has 0 saturated carbocycles. The van der Waals surface area contributed by atoms with Gasteiger partial charge in [-0.1, -0.05) is 19.1 Å². The minimum absolute atomic E-state index is 0.911. The molecular weight excluding hydrogens is 174 g/mol. The highest BCUT2D eigenvalue weighted by Gasteiger charge is 1.97. The van der Waals surface area contributed by atoms with E-state index < -0.39 is 0 Å². The van der Waals surface area contributed by atoms with E-state index in [4.69, 9.17) is 0 Å². The number of nitrogens with zero attached hydrogens (tertiary/aromatic N) is 1. The van der Waals surface area contributed by atoms with E-state index in [1.807, 2.05) is 24.3 Å². The van der Waals surface area contributed by atoms with E-state index in [0.717, 1.165) is 11.4 Å². The zero-order chi connectivity index (χ0) is 8.10. The van der Waals surface area contributed by atoms with Crippen molar-refractivity contribution in [3.05, 3.63) is 24.3 Å². The van der Waals surface area contributed by atoms with Gasteiger partial charge in [0, 0.05) is 17.3 Å². The van der Waals surface area contributed by atoms with Gasteiger partial charge in [0.05, 0.1) is 5.69 Å². The quantitative estimate of drug-likeness (QED) is 0.667. The van der Waals surface area contributed by atoms with E-state index in [1.54, 1.807) is 11.8 Å². The lowest BCUT2D eigenvalue weighted by Crippen LogP contribution is -1.72. The molecule has 1 aromatic rings. The fourth-order valence-electron chi connectivity index (χ4n) is 0.810. The monoisotopic (exact) mass is 183 g/mol. The van der Waals surface area contributed by atoms with E-state index in [1.165, 1.54) is 4.90 Å². The van der Waals surface area contributed by atoms with Crippen molar-refractivity contribution in [1.82, 2.24) is 0 Å². The third-order valence-electron chi connectivity index (χ3n) is 1.26. The standard InChI is InChI=1S/C8H9NS2/c1-2-11-8-6-4-3-5-7(8)9-10/h3-6H,2H2,1H3. The lowest BCUT2D eigenvalue weighted by molar-refractivity contribution is 1.38. The molecule has 11 heavy (non-hydrogen) atoms. The molecule has 0 N–H and O–H groups in total. The lowest BCUT2D eigenvalue weighted by atomic mass is 10.3. The Labute approximate surface area is 76.4 Å². The maximum Gasteiger partial charge on any atom is 0.0905 e. The Morgan fingerprint density at radius 1 is 1.45 bits per heavy atom. The summed E-state index contributed by atoms with van der Waals surface area (Å²) in [6.45, 7) is 2.12. The van der Waals surface area contributed by atoms with Crippen molar-refractivity contribution in [2.75, 3.05) is 5.75 Å². The molecular formula is C8H9NS2. The largest absolute Gasteiger partial charge is 0.180 e. The number of rotatable bonds is 3. The maximum atomic E-state index is 4.63. The minimum atomic E-state index is 0.911. The molecule has 0 aromatic heterocycles. The molecule has 0 fully saturated rings. The molecule has 0 unspecified atom stereocenters. The highest BCUT2D eigenvalue weighted by Crippen LogP contribution is 2.28. The Kier molecular flexibility index (Phi) is 3.52. The van der Waals surface area contributed by atoms with Gasteiger partial charge < -0.3 is 0 Å². The van der Waals surface area contributed by atoms with Crippen LogP contribution in [0.2, 0.25) is 0 Å². The average Bonchev–Trinajstić information content (AvgIpc) is 2.06. The Balaban J connectivity index is 2.92. The topological polar surface area (TPSA) is 12.4 Å². The van der Waals surface area contributed by atoms with Crippen LogP contribution in [0, 0.1) is 0 Å². The highest BCUT2D eigenvalue weighted by molar-refractivity contribution is 7.99. The first kappa shape index (κ1) is 8.68. The first-order valence-electron chi connectivity index (χ1n) is 3.43. The second kappa shape index (κ2) is 4.46. The van der Waals surface area contributed by atoms with Gasteiger partial charge in [-0.2, -0.15) is 4.36 Å². The summed E-state index contributed by atoms with van der Waals surface area (Å²) in [5.41, 5.74) is 0.911. The predicted octanol–water partition coefficient (Wildman–Crippen LogP) is 3.16. The molecule has 1 rings (SSSR count). The molecule has 0 radical (unpaired) electrons. The first-order valence-corrected chi connectivity index (χ1v) is 4.78. The predicted molar refractivity (Wildman–Crippen MR) is 52.3 cm³/mol. The third kappa shape index (κ3) is 2.27. The summed E-state index contributed by atoms with van der Waals surface area (Å²) in [5.74, 6) is 1.06. The number of hydrogen-bond acceptors (Lipinski definition) is 3. The van der Waals surface area contributed by atoms with Gasteiger partial charge in [0.2, 0.25) is 0 Å². The van der Waals surface area contributed by atoms with Crippen LogP contribution >= 0.6 is 11.8 Å². The molecule has 1 nitrogen and oxygen atoms in total. The molecule has 58 valence electrons. The molecule has 0 amide bonds. The normalized spacial score (nSPS) is 9.55. The number of benzene rings is 1. The average molecular weight is 183 g/mol. The van der Waals surface area contributed by atoms with Gasteiger partial charge in [0.15, 0.2) is 0 Å². The van der Waals surface area contributed by atoms with Crippen molar-refractivity contribution < 1.29 is 0 Å². The van der Waals surface area contributed by atoms with Crippen LogP contribution in [0.15, 0.2) is 33.5 Å². The number of hydrogen-bond donors (Lipinski definition) is 0. The molecule has 0 aliphatic carbocycles. The van der Waals surface area contributed by atoms with Gasteiger partial charge in [-0.25, -0.2) is 0 Å². The Bertz CT molecular complexity index is 248. The van der Waals surface area contributed by atoms with Crippen molar-refractivity contribution in [3.63, 3.8) is 0 Å². The van der Waals surface area contributed by atoms with Gasteiger partial charge in [-0.3, -0.25) is 0 Å². The van der Waals surface area contributed by atoms with E-state index in [9.17, 15) is 0 Å². The summed E-state index contributed by atoms with van der Waals surface area (Å²) in [6.07, 6.45) is 0. The van der Waals surface area contributed by atoms with Crippen LogP contribution in [0.1, 0.15) is 6.92 Å². The van der Waals surface area contributed by atoms with Gasteiger partial charge in [-0.15, -0.1) is 11.8 Å². The van der Waals surface area contributed by atoms with Gasteiger partial charge in [-0.05, 0) is 17.9 Å². The fourth-order valence-corrected chi connectivity index (χ4v) is 1.77. The smallest absolute Gasteiger partial charge is 0.0905 e. The van der Waals surface area contributed by atoms with Gasteiger partial charge in [0.1, 0.15) is 0 Å². The fraction of sp³-hybridized carbons (Fsp3) is 0.250. The Hall–Kier alpha value is -0.410. The Morgan fingerprint density at radius 2 is 2.18 bits per heavy atom. The van der Waals surface area contributed by atoms with Crippen molar-refractivity contribution in [3.8, 4) is 0 Å². The van der Waals surface area contributed by atoms with E-state index >= 15 is 0 Å². The second-order valence-corrected chi connectivity index (χ2v) is 3.48. The van der Waals surface area contributed by atoms with Crippen molar-refractivity contribution in [2.45, 2.75) is 11.8 Å². The van der Waals surface area contributed by atoms with Crippen molar-refractivity contribution in [2.24, 2.45) is 4.36 Å². The summed E-state index contributed by atoms with van der Waals surface area (Å²) in [7, 11) is 0. The SMILES string of the molecule is CCSc1ccccc1N=S. The van der Waals surface area contributed by atoms with E-state index in [0.29, 0.717) is 0 Å². The van der Waals surface area contributed by atoms with Crippen LogP contribution in [0.3, 0.4) is 0 Å². The van der Waals surface area contributed by atoms with Crippen LogP contribution in [0.5, 0.6) is 0 Å². The molecule has 0 aliphatic heterocycles. The van der Waals surface area contributed by atoms with Gasteiger partial charge >= 0.3 is 0 Å². The van der Waals surface area contributed by atoms with Crippen molar-refractivity contribution in [1.29, 1.82) is 0 Å². The number of thioether (sulfide) groups is 1. The second-order valence-electron chi connectivity index (χ2n) is 1.99. The molecule has 0 aliphatic rings. The molecule has 3 heteroatoms. The molecule has 1 aromatic carbocycles. The third-order valence-corrected chi connectivity index (χ3v) is 2.41. The summed E-state index contributed by atoms with van der Waals surface area (Å²) >= 11 is 6.40. The first-order chi connectivity index (χ1) is 5.38. The minimum Gasteiger partial charge on any atom is -0.180 e. The summed E-state index contributed by atoms with van der Waals surface area (Å²) in [5, 5.41) is 0. The molecule has 0 atom stereocenters. The molecule has 0 spiro atoms. The summed E-state index contributed by atoms with van der Waals surface area (Å²) in [4.78, 5) is 1.17. The maximum absolute atomic E-state index is 4.63. The molecule has 0 heterocycles. The van der Waals surface area contributed by atoms with Crippen LogP contribution < -0.4 is 0 Å². The van der Waals surface area contributed by atoms with Crippen LogP contribution in [-0.4, -0.2) is 5.75 Å². The summed E-state index contributed by atoms with van der Waals surface area (Å²) < 4.78 is 3.75. The highest BCUT2D eigenvalue weighted by atomic mass is 32.2. The molecule has 0 saturated heterocycles. The van der Waals surface area contributed by atoms with E-state index in [2.05, 4.69) is 23.7 Å². The molecule has 0 bridgehead atoms. The Morgan fingerprint density at radius 3 is 2.82 bits per heavy atom. The van der Waals surface area contributed by atoms with Crippen LogP contribution in [0.25, 0.3) is 0 Å². The van der Waals surface area contributed by atoms with Crippen molar-refractivity contribution >= 4 is 29.9 Å². The van der Waals surface area contributed by atoms with Gasteiger partial charge in [0.25, 0.3) is 0 Å². The lowest BCUT2D eigenvalue weighted by Gasteiger charge is -1.99. The zero-order valence-corrected chi connectivity index (χ0v) is 7.91. The van der Waals surface area contributed by atoms with Crippen LogP contribution in [0.4, 0.5) is 5.69 Å². The summed E-state index contributed by atoms with van der Waals surface area (Å²) in [6, 6.07) is 7.93. The van der Waals surface area contributed by atoms with E-state index in [-0.39, 0.29) is 0 Å².